The van der Waals surface area contributed by atoms with Gasteiger partial charge in [0.1, 0.15) is 0 Å². The van der Waals surface area contributed by atoms with Crippen molar-refractivity contribution in [3.8, 4) is 0 Å². The van der Waals surface area contributed by atoms with Crippen molar-refractivity contribution in [2.24, 2.45) is 0 Å². The standard InChI is InChI=1S/C10H11Br2NOS2/c11-8-4-7(9(12)16-8)10(14)13-6-2-1-3-15-5-6/h4,6H,1-3,5H2,(H,13,14). The SMILES string of the molecule is O=C(NC1CCCSC1)c1cc(Br)sc1Br. The van der Waals surface area contributed by atoms with Crippen LogP contribution in [-0.4, -0.2) is 23.5 Å². The first-order valence-corrected chi connectivity index (χ1v) is 8.56. The van der Waals surface area contributed by atoms with Gasteiger partial charge >= 0.3 is 0 Å². The monoisotopic (exact) mass is 383 g/mol. The molecule has 0 radical (unpaired) electrons. The fourth-order valence-electron chi connectivity index (χ4n) is 1.61. The minimum Gasteiger partial charge on any atom is -0.348 e. The molecule has 0 spiro atoms. The molecule has 1 aliphatic rings. The van der Waals surface area contributed by atoms with Crippen LogP contribution in [0.2, 0.25) is 0 Å². The van der Waals surface area contributed by atoms with E-state index < -0.39 is 0 Å². The Morgan fingerprint density at radius 3 is 2.88 bits per heavy atom. The summed E-state index contributed by atoms with van der Waals surface area (Å²) in [4.78, 5) is 12.0. The molecule has 1 aromatic heterocycles. The normalized spacial score (nSPS) is 20.8. The van der Waals surface area contributed by atoms with E-state index in [1.54, 1.807) is 0 Å². The summed E-state index contributed by atoms with van der Waals surface area (Å²) < 4.78 is 1.86. The van der Waals surface area contributed by atoms with Gasteiger partial charge in [-0.1, -0.05) is 0 Å². The number of thiophene rings is 1. The van der Waals surface area contributed by atoms with Gasteiger partial charge in [-0.25, -0.2) is 0 Å². The highest BCUT2D eigenvalue weighted by Crippen LogP contribution is 2.32. The molecule has 1 fully saturated rings. The molecular formula is C10H11Br2NOS2. The summed E-state index contributed by atoms with van der Waals surface area (Å²) in [6.07, 6.45) is 2.30. The van der Waals surface area contributed by atoms with E-state index in [1.165, 1.54) is 23.5 Å². The first kappa shape index (κ1) is 12.9. The van der Waals surface area contributed by atoms with Gasteiger partial charge in [-0.2, -0.15) is 11.8 Å². The Bertz CT molecular complexity index is 388. The second kappa shape index (κ2) is 5.89. The number of nitrogens with one attached hydrogen (secondary N) is 1. The van der Waals surface area contributed by atoms with Crippen molar-refractivity contribution < 1.29 is 4.79 Å². The number of amides is 1. The second-order valence-corrected chi connectivity index (χ2v) is 8.52. The molecule has 1 aromatic rings. The zero-order valence-corrected chi connectivity index (χ0v) is 13.3. The van der Waals surface area contributed by atoms with E-state index in [0.29, 0.717) is 6.04 Å². The second-order valence-electron chi connectivity index (χ2n) is 3.63. The van der Waals surface area contributed by atoms with Gasteiger partial charge in [0.25, 0.3) is 5.91 Å². The summed E-state index contributed by atoms with van der Waals surface area (Å²) in [7, 11) is 0. The quantitative estimate of drug-likeness (QED) is 0.837. The molecule has 0 saturated carbocycles. The van der Waals surface area contributed by atoms with Crippen LogP contribution in [0, 0.1) is 0 Å². The Labute approximate surface area is 120 Å². The van der Waals surface area contributed by atoms with Crippen LogP contribution in [0.1, 0.15) is 23.2 Å². The zero-order valence-electron chi connectivity index (χ0n) is 8.46. The molecule has 6 heteroatoms. The molecule has 0 aromatic carbocycles. The van der Waals surface area contributed by atoms with E-state index in [9.17, 15) is 4.79 Å². The van der Waals surface area contributed by atoms with E-state index in [2.05, 4.69) is 37.2 Å². The fraction of sp³-hybridized carbons (Fsp3) is 0.500. The molecule has 1 amide bonds. The lowest BCUT2D eigenvalue weighted by Crippen LogP contribution is -2.38. The summed E-state index contributed by atoms with van der Waals surface area (Å²) in [5, 5.41) is 3.09. The smallest absolute Gasteiger partial charge is 0.253 e. The maximum absolute atomic E-state index is 12.0. The third-order valence-electron chi connectivity index (χ3n) is 2.40. The van der Waals surface area contributed by atoms with Crippen LogP contribution < -0.4 is 5.32 Å². The first-order valence-electron chi connectivity index (χ1n) is 5.00. The molecular weight excluding hydrogens is 374 g/mol. The molecule has 2 rings (SSSR count). The Balaban J connectivity index is 1.99. The van der Waals surface area contributed by atoms with E-state index in [1.807, 2.05) is 17.8 Å². The van der Waals surface area contributed by atoms with Crippen LogP contribution >= 0.6 is 55.0 Å². The number of thioether (sulfide) groups is 1. The lowest BCUT2D eigenvalue weighted by atomic mass is 10.2. The predicted octanol–water partition coefficient (Wildman–Crippen LogP) is 3.90. The molecule has 1 saturated heterocycles. The van der Waals surface area contributed by atoms with Crippen molar-refractivity contribution in [2.45, 2.75) is 18.9 Å². The highest BCUT2D eigenvalue weighted by molar-refractivity contribution is 9.12. The molecule has 2 nitrogen and oxygen atoms in total. The Hall–Kier alpha value is 0.480. The van der Waals surface area contributed by atoms with E-state index in [4.69, 9.17) is 0 Å². The molecule has 1 atom stereocenters. The molecule has 0 aliphatic carbocycles. The van der Waals surface area contributed by atoms with E-state index in [-0.39, 0.29) is 5.91 Å². The van der Waals surface area contributed by atoms with Crippen LogP contribution in [0.15, 0.2) is 13.6 Å². The van der Waals surface area contributed by atoms with E-state index >= 15 is 0 Å². The van der Waals surface area contributed by atoms with Gasteiger partial charge in [-0.15, -0.1) is 11.3 Å². The zero-order chi connectivity index (χ0) is 11.5. The number of rotatable bonds is 2. The fourth-order valence-corrected chi connectivity index (χ4v) is 5.48. The van der Waals surface area contributed by atoms with Crippen LogP contribution in [0.4, 0.5) is 0 Å². The molecule has 0 bridgehead atoms. The summed E-state index contributed by atoms with van der Waals surface area (Å²) in [5.74, 6) is 2.29. The number of carbonyl (C=O) groups is 1. The summed E-state index contributed by atoms with van der Waals surface area (Å²) in [6.45, 7) is 0. The van der Waals surface area contributed by atoms with Gasteiger partial charge in [-0.05, 0) is 56.5 Å². The van der Waals surface area contributed by atoms with Gasteiger partial charge in [0, 0.05) is 11.8 Å². The number of hydrogen-bond donors (Lipinski definition) is 1. The van der Waals surface area contributed by atoms with Gasteiger partial charge < -0.3 is 5.32 Å². The highest BCUT2D eigenvalue weighted by Gasteiger charge is 2.19. The van der Waals surface area contributed by atoms with Crippen LogP contribution in [0.25, 0.3) is 0 Å². The molecule has 1 N–H and O–H groups in total. The lowest BCUT2D eigenvalue weighted by Gasteiger charge is -2.22. The van der Waals surface area contributed by atoms with Crippen molar-refractivity contribution in [3.63, 3.8) is 0 Å². The van der Waals surface area contributed by atoms with Crippen LogP contribution in [0.3, 0.4) is 0 Å². The average molecular weight is 385 g/mol. The van der Waals surface area contributed by atoms with Gasteiger partial charge in [-0.3, -0.25) is 4.79 Å². The Morgan fingerprint density at radius 1 is 1.50 bits per heavy atom. The Morgan fingerprint density at radius 2 is 2.31 bits per heavy atom. The minimum absolute atomic E-state index is 0.0290. The summed E-state index contributed by atoms with van der Waals surface area (Å²) >= 11 is 10.2. The highest BCUT2D eigenvalue weighted by atomic mass is 79.9. The molecule has 2 heterocycles. The minimum atomic E-state index is 0.0290. The number of hydrogen-bond acceptors (Lipinski definition) is 3. The first-order chi connectivity index (χ1) is 7.66. The third kappa shape index (κ3) is 3.24. The molecule has 1 unspecified atom stereocenters. The largest absolute Gasteiger partial charge is 0.348 e. The van der Waals surface area contributed by atoms with Crippen molar-refractivity contribution >= 4 is 60.9 Å². The molecule has 88 valence electrons. The maximum Gasteiger partial charge on any atom is 0.253 e. The van der Waals surface area contributed by atoms with E-state index in [0.717, 1.165) is 25.3 Å². The van der Waals surface area contributed by atoms with Crippen LogP contribution in [-0.2, 0) is 0 Å². The van der Waals surface area contributed by atoms with Gasteiger partial charge in [0.2, 0.25) is 0 Å². The van der Waals surface area contributed by atoms with Crippen molar-refractivity contribution in [2.75, 3.05) is 11.5 Å². The molecule has 1 aliphatic heterocycles. The van der Waals surface area contributed by atoms with Crippen molar-refractivity contribution in [1.29, 1.82) is 0 Å². The topological polar surface area (TPSA) is 29.1 Å². The molecule has 16 heavy (non-hydrogen) atoms. The summed E-state index contributed by atoms with van der Waals surface area (Å²) in [6, 6.07) is 2.19. The van der Waals surface area contributed by atoms with Crippen molar-refractivity contribution in [3.05, 3.63) is 19.2 Å². The van der Waals surface area contributed by atoms with Crippen molar-refractivity contribution in [1.82, 2.24) is 5.32 Å². The summed E-state index contributed by atoms with van der Waals surface area (Å²) in [5.41, 5.74) is 0.729. The maximum atomic E-state index is 12.0. The van der Waals surface area contributed by atoms with Crippen LogP contribution in [0.5, 0.6) is 0 Å². The number of halogens is 2. The Kier molecular flexibility index (Phi) is 4.76. The number of carbonyl (C=O) groups excluding carboxylic acids is 1. The lowest BCUT2D eigenvalue weighted by molar-refractivity contribution is 0.0938. The van der Waals surface area contributed by atoms with Gasteiger partial charge in [0.05, 0.1) is 13.1 Å². The van der Waals surface area contributed by atoms with Gasteiger partial charge in [0.15, 0.2) is 0 Å². The average Bonchev–Trinajstić information content (AvgIpc) is 2.59. The predicted molar refractivity (Wildman–Crippen MR) is 77.5 cm³/mol. The third-order valence-corrected chi connectivity index (χ3v) is 5.95.